The second-order valence-electron chi connectivity index (χ2n) is 8.82. The summed E-state index contributed by atoms with van der Waals surface area (Å²) in [6, 6.07) is 20.4. The summed E-state index contributed by atoms with van der Waals surface area (Å²) in [7, 11) is 0. The first-order chi connectivity index (χ1) is 16.2. The van der Waals surface area contributed by atoms with Gasteiger partial charge >= 0.3 is 5.97 Å². The van der Waals surface area contributed by atoms with Crippen molar-refractivity contribution in [3.63, 3.8) is 0 Å². The van der Waals surface area contributed by atoms with Crippen LogP contribution in [-0.2, 0) is 24.2 Å². The van der Waals surface area contributed by atoms with Gasteiger partial charge in [0.05, 0.1) is 6.42 Å². The number of fused-ring (bicyclic) bond motifs is 1. The number of carbonyl (C=O) groups excluding carboxylic acids is 1. The molecule has 3 aromatic carbocycles. The van der Waals surface area contributed by atoms with Crippen molar-refractivity contribution in [3.05, 3.63) is 99.0 Å². The Kier molecular flexibility index (Phi) is 7.15. The largest absolute Gasteiger partial charge is 0.487 e. The normalized spacial score (nSPS) is 16.6. The maximum Gasteiger partial charge on any atom is 0.305 e. The minimum Gasteiger partial charge on any atom is -0.487 e. The number of benzene rings is 3. The minimum absolute atomic E-state index is 0.0846. The zero-order chi connectivity index (χ0) is 24.3. The highest BCUT2D eigenvalue weighted by Gasteiger charge is 2.35. The number of aliphatic carboxylic acids is 1. The number of ether oxygens (including phenoxy) is 1. The maximum absolute atomic E-state index is 13.4. The Labute approximate surface area is 208 Å². The third kappa shape index (κ3) is 5.72. The van der Waals surface area contributed by atoms with Gasteiger partial charge in [-0.3, -0.25) is 9.59 Å². The molecule has 0 aromatic heterocycles. The molecule has 34 heavy (non-hydrogen) atoms. The lowest BCUT2D eigenvalue weighted by molar-refractivity contribution is -0.137. The van der Waals surface area contributed by atoms with Gasteiger partial charge in [0.15, 0.2) is 0 Å². The molecule has 0 spiro atoms. The quantitative estimate of drug-likeness (QED) is 0.411. The minimum atomic E-state index is -0.961. The topological polar surface area (TPSA) is 66.8 Å². The van der Waals surface area contributed by atoms with E-state index < -0.39 is 11.6 Å². The Morgan fingerprint density at radius 1 is 1.06 bits per heavy atom. The van der Waals surface area contributed by atoms with Crippen molar-refractivity contribution in [2.45, 2.75) is 38.3 Å². The maximum atomic E-state index is 13.4. The molecule has 1 N–H and O–H groups in total. The van der Waals surface area contributed by atoms with Gasteiger partial charge in [-0.2, -0.15) is 0 Å². The zero-order valence-electron chi connectivity index (χ0n) is 18.8. The van der Waals surface area contributed by atoms with Crippen LogP contribution in [0.25, 0.3) is 0 Å². The van der Waals surface area contributed by atoms with E-state index in [0.717, 1.165) is 22.4 Å². The third-order valence-corrected chi connectivity index (χ3v) is 6.54. The fourth-order valence-corrected chi connectivity index (χ4v) is 4.61. The van der Waals surface area contributed by atoms with E-state index >= 15 is 0 Å². The molecule has 5 nitrogen and oxygen atoms in total. The van der Waals surface area contributed by atoms with E-state index in [-0.39, 0.29) is 25.4 Å². The fourth-order valence-electron chi connectivity index (χ4n) is 4.29. The monoisotopic (exact) mass is 497 g/mol. The van der Waals surface area contributed by atoms with E-state index in [4.69, 9.17) is 33.0 Å². The van der Waals surface area contributed by atoms with Crippen LogP contribution >= 0.6 is 23.2 Å². The van der Waals surface area contributed by atoms with Gasteiger partial charge in [-0.25, -0.2) is 0 Å². The van der Waals surface area contributed by atoms with Gasteiger partial charge in [-0.1, -0.05) is 53.5 Å². The van der Waals surface area contributed by atoms with Crippen LogP contribution in [0, 0.1) is 0 Å². The molecule has 1 amide bonds. The van der Waals surface area contributed by atoms with Crippen molar-refractivity contribution in [3.8, 4) is 5.75 Å². The molecule has 0 aliphatic carbocycles. The summed E-state index contributed by atoms with van der Waals surface area (Å²) in [6.07, 6.45) is 1.22. The van der Waals surface area contributed by atoms with Crippen molar-refractivity contribution in [1.82, 2.24) is 4.90 Å². The number of halogens is 2. The van der Waals surface area contributed by atoms with Crippen LogP contribution in [0.1, 0.15) is 40.4 Å². The van der Waals surface area contributed by atoms with Crippen LogP contribution in [-0.4, -0.2) is 34.0 Å². The highest BCUT2D eigenvalue weighted by atomic mass is 35.5. The van der Waals surface area contributed by atoms with Crippen molar-refractivity contribution in [2.75, 3.05) is 6.54 Å². The Hall–Kier alpha value is -3.02. The van der Waals surface area contributed by atoms with Gasteiger partial charge in [0, 0.05) is 41.5 Å². The lowest BCUT2D eigenvalue weighted by Crippen LogP contribution is -2.33. The van der Waals surface area contributed by atoms with Crippen LogP contribution < -0.4 is 4.74 Å². The van der Waals surface area contributed by atoms with Crippen molar-refractivity contribution >= 4 is 35.1 Å². The van der Waals surface area contributed by atoms with E-state index in [9.17, 15) is 9.59 Å². The van der Waals surface area contributed by atoms with Gasteiger partial charge in [0.1, 0.15) is 11.4 Å². The summed E-state index contributed by atoms with van der Waals surface area (Å²) in [4.78, 5) is 26.1. The molecule has 1 aliphatic rings. The molecule has 3 aromatic rings. The van der Waals surface area contributed by atoms with Crippen molar-refractivity contribution < 1.29 is 19.4 Å². The third-order valence-electron chi connectivity index (χ3n) is 5.92. The highest BCUT2D eigenvalue weighted by molar-refractivity contribution is 6.31. The molecule has 0 saturated heterocycles. The first-order valence-corrected chi connectivity index (χ1v) is 11.8. The van der Waals surface area contributed by atoms with E-state index in [1.165, 1.54) is 4.90 Å². The van der Waals surface area contributed by atoms with Crippen molar-refractivity contribution in [2.24, 2.45) is 0 Å². The molecule has 7 heteroatoms. The number of carbonyl (C=O) groups is 2. The van der Waals surface area contributed by atoms with Crippen LogP contribution in [0.4, 0.5) is 0 Å². The molecule has 0 bridgehead atoms. The van der Waals surface area contributed by atoms with Crippen molar-refractivity contribution in [1.29, 1.82) is 0 Å². The smallest absolute Gasteiger partial charge is 0.305 e. The van der Waals surface area contributed by atoms with Gasteiger partial charge in [0.2, 0.25) is 0 Å². The zero-order valence-corrected chi connectivity index (χ0v) is 20.3. The van der Waals surface area contributed by atoms with E-state index in [2.05, 4.69) is 6.92 Å². The number of hydrogen-bond donors (Lipinski definition) is 1. The summed E-state index contributed by atoms with van der Waals surface area (Å²) in [5, 5.41) is 10.4. The number of nitrogens with zero attached hydrogens (tertiary/aromatic N) is 1. The Morgan fingerprint density at radius 3 is 2.50 bits per heavy atom. The predicted octanol–water partition coefficient (Wildman–Crippen LogP) is 6.05. The fraction of sp³-hybridized carbons (Fsp3) is 0.259. The molecular weight excluding hydrogens is 473 g/mol. The average Bonchev–Trinajstić information content (AvgIpc) is 3.13. The second kappa shape index (κ2) is 10.1. The van der Waals surface area contributed by atoms with Crippen LogP contribution in [0.15, 0.2) is 66.7 Å². The molecule has 0 fully saturated rings. The molecule has 0 saturated carbocycles. The summed E-state index contributed by atoms with van der Waals surface area (Å²) < 4.78 is 6.26. The van der Waals surface area contributed by atoms with Gasteiger partial charge in [-0.05, 0) is 60.0 Å². The summed E-state index contributed by atoms with van der Waals surface area (Å²) in [5.41, 5.74) is 2.91. The number of carboxylic acid groups (broad SMARTS) is 1. The van der Waals surface area contributed by atoms with Gasteiger partial charge in [-0.15, -0.1) is 0 Å². The van der Waals surface area contributed by atoms with Gasteiger partial charge < -0.3 is 14.7 Å². The van der Waals surface area contributed by atoms with E-state index in [1.54, 1.807) is 12.1 Å². The number of carboxylic acids is 1. The summed E-state index contributed by atoms with van der Waals surface area (Å²) in [5.74, 6) is -0.441. The number of hydrogen-bond acceptors (Lipinski definition) is 3. The molecule has 0 unspecified atom stereocenters. The summed E-state index contributed by atoms with van der Waals surface area (Å²) >= 11 is 12.3. The first kappa shape index (κ1) is 24.1. The first-order valence-electron chi connectivity index (χ1n) is 11.0. The molecule has 1 atom stereocenters. The Balaban J connectivity index is 1.53. The average molecular weight is 498 g/mol. The second-order valence-corrected chi connectivity index (χ2v) is 9.66. The molecular formula is C27H25Cl2NO4. The lowest BCUT2D eigenvalue weighted by atomic mass is 9.91. The molecule has 176 valence electrons. The van der Waals surface area contributed by atoms with Crippen LogP contribution in [0.3, 0.4) is 0 Å². The molecule has 1 heterocycles. The highest BCUT2D eigenvalue weighted by Crippen LogP contribution is 2.38. The molecule has 1 aliphatic heterocycles. The Morgan fingerprint density at radius 2 is 1.79 bits per heavy atom. The number of rotatable bonds is 8. The van der Waals surface area contributed by atoms with Gasteiger partial charge in [0.25, 0.3) is 5.91 Å². The Bertz CT molecular complexity index is 1210. The lowest BCUT2D eigenvalue weighted by Gasteiger charge is -2.24. The number of amides is 1. The van der Waals surface area contributed by atoms with E-state index in [0.29, 0.717) is 28.5 Å². The SMILES string of the molecule is C[C@]1(Cc2ccc(Cl)cc2)Cc2cc(C(=O)N(CCC(=O)O)Cc3ccccc3Cl)ccc2O1. The standard InChI is InChI=1S/C27H25Cl2NO4/c1-27(15-18-6-9-22(28)10-7-18)16-21-14-19(8-11-24(21)34-27)26(33)30(13-12-25(31)32)17-20-4-2-3-5-23(20)29/h2-11,14H,12-13,15-17H2,1H3,(H,31,32)/t27-/m0/s1. The van der Waals surface area contributed by atoms with E-state index in [1.807, 2.05) is 54.6 Å². The summed E-state index contributed by atoms with van der Waals surface area (Å²) in [6.45, 7) is 2.37. The molecule has 4 rings (SSSR count). The molecule has 0 radical (unpaired) electrons. The predicted molar refractivity (Wildman–Crippen MR) is 133 cm³/mol. The van der Waals surface area contributed by atoms with Crippen LogP contribution in [0.5, 0.6) is 5.75 Å². The van der Waals surface area contributed by atoms with Crippen LogP contribution in [0.2, 0.25) is 10.0 Å².